The first-order valence-electron chi connectivity index (χ1n) is 9.40. The first-order valence-corrected chi connectivity index (χ1v) is 9.40. The number of hydrogen-bond donors (Lipinski definition) is 1. The maximum absolute atomic E-state index is 11.0. The summed E-state index contributed by atoms with van der Waals surface area (Å²) in [5.74, 6) is 2.83. The number of allylic oxidation sites excluding steroid dienone is 1. The van der Waals surface area contributed by atoms with Crippen LogP contribution >= 0.6 is 0 Å². The summed E-state index contributed by atoms with van der Waals surface area (Å²) in [6.45, 7) is 9.73. The van der Waals surface area contributed by atoms with Crippen LogP contribution in [0.25, 0.3) is 0 Å². The van der Waals surface area contributed by atoms with Gasteiger partial charge >= 0.3 is 0 Å². The van der Waals surface area contributed by atoms with E-state index in [1.54, 1.807) is 5.57 Å². The van der Waals surface area contributed by atoms with Crippen molar-refractivity contribution in [3.63, 3.8) is 0 Å². The third kappa shape index (κ3) is 1.45. The second kappa shape index (κ2) is 4.00. The summed E-state index contributed by atoms with van der Waals surface area (Å²) in [4.78, 5) is 0. The van der Waals surface area contributed by atoms with Gasteiger partial charge in [-0.25, -0.2) is 0 Å². The summed E-state index contributed by atoms with van der Waals surface area (Å²) in [5, 5.41) is 11.0. The molecule has 0 radical (unpaired) electrons. The fourth-order valence-corrected chi connectivity index (χ4v) is 7.67. The second-order valence-corrected chi connectivity index (χ2v) is 9.79. The van der Waals surface area contributed by atoms with E-state index in [0.29, 0.717) is 17.3 Å². The van der Waals surface area contributed by atoms with Gasteiger partial charge < -0.3 is 9.84 Å². The van der Waals surface area contributed by atoms with Crippen LogP contribution in [0.5, 0.6) is 0 Å². The molecule has 4 saturated carbocycles. The Morgan fingerprint density at radius 1 is 1.14 bits per heavy atom. The summed E-state index contributed by atoms with van der Waals surface area (Å²) >= 11 is 0. The van der Waals surface area contributed by atoms with Gasteiger partial charge in [-0.15, -0.1) is 0 Å². The average Bonchev–Trinajstić information content (AvgIpc) is 2.95. The van der Waals surface area contributed by atoms with Gasteiger partial charge in [-0.2, -0.15) is 0 Å². The molecule has 2 nitrogen and oxygen atoms in total. The highest BCUT2D eigenvalue weighted by atomic mass is 16.6. The van der Waals surface area contributed by atoms with Crippen molar-refractivity contribution in [2.75, 3.05) is 6.61 Å². The normalized spacial score (nSPS) is 58.3. The lowest BCUT2D eigenvalue weighted by Crippen LogP contribution is -2.59. The number of hydrogen-bond acceptors (Lipinski definition) is 2. The van der Waals surface area contributed by atoms with Crippen molar-refractivity contribution in [1.29, 1.82) is 0 Å². The highest BCUT2D eigenvalue weighted by Gasteiger charge is 2.67. The predicted molar refractivity (Wildman–Crippen MR) is 86.0 cm³/mol. The summed E-state index contributed by atoms with van der Waals surface area (Å²) in [7, 11) is 0. The van der Waals surface area contributed by atoms with E-state index in [0.717, 1.165) is 30.8 Å². The minimum Gasteiger partial charge on any atom is -0.365 e. The molecule has 22 heavy (non-hydrogen) atoms. The lowest BCUT2D eigenvalue weighted by Gasteiger charge is -2.60. The third-order valence-electron chi connectivity index (χ3n) is 8.86. The van der Waals surface area contributed by atoms with Gasteiger partial charge in [0.25, 0.3) is 0 Å². The fourth-order valence-electron chi connectivity index (χ4n) is 7.67. The quantitative estimate of drug-likeness (QED) is 0.681. The molecule has 0 amide bonds. The van der Waals surface area contributed by atoms with Crippen LogP contribution in [0.4, 0.5) is 0 Å². The van der Waals surface area contributed by atoms with Gasteiger partial charge in [-0.3, -0.25) is 0 Å². The lowest BCUT2D eigenvalue weighted by molar-refractivity contribution is -0.273. The molecular formula is C20H30O2. The smallest absolute Gasteiger partial charge is 0.171 e. The summed E-state index contributed by atoms with van der Waals surface area (Å²) in [6, 6.07) is 0. The summed E-state index contributed by atoms with van der Waals surface area (Å²) in [6.07, 6.45) is 9.00. The van der Waals surface area contributed by atoms with E-state index < -0.39 is 5.79 Å². The van der Waals surface area contributed by atoms with Gasteiger partial charge in [-0.05, 0) is 73.5 Å². The zero-order valence-corrected chi connectivity index (χ0v) is 14.1. The van der Waals surface area contributed by atoms with Crippen LogP contribution in [0.2, 0.25) is 0 Å². The van der Waals surface area contributed by atoms with Gasteiger partial charge in [0.15, 0.2) is 5.79 Å². The van der Waals surface area contributed by atoms with Gasteiger partial charge in [-0.1, -0.05) is 26.0 Å². The molecule has 1 heterocycles. The van der Waals surface area contributed by atoms with Gasteiger partial charge in [0.2, 0.25) is 0 Å². The number of rotatable bonds is 0. The molecule has 1 N–H and O–H groups in total. The Morgan fingerprint density at radius 2 is 1.95 bits per heavy atom. The van der Waals surface area contributed by atoms with Crippen LogP contribution in [-0.2, 0) is 4.74 Å². The molecule has 5 rings (SSSR count). The Labute approximate surface area is 134 Å². The van der Waals surface area contributed by atoms with Crippen LogP contribution in [0.15, 0.2) is 12.2 Å². The highest BCUT2D eigenvalue weighted by molar-refractivity contribution is 5.22. The van der Waals surface area contributed by atoms with E-state index in [1.165, 1.54) is 38.5 Å². The monoisotopic (exact) mass is 302 g/mol. The molecule has 0 aromatic carbocycles. The topological polar surface area (TPSA) is 29.5 Å². The lowest BCUT2D eigenvalue weighted by atomic mass is 9.44. The zero-order valence-electron chi connectivity index (χ0n) is 14.1. The maximum atomic E-state index is 11.0. The molecule has 4 aliphatic carbocycles. The van der Waals surface area contributed by atoms with Gasteiger partial charge in [0.05, 0.1) is 6.61 Å². The van der Waals surface area contributed by atoms with E-state index in [-0.39, 0.29) is 5.41 Å². The second-order valence-electron chi connectivity index (χ2n) is 9.79. The maximum Gasteiger partial charge on any atom is 0.171 e. The zero-order chi connectivity index (χ0) is 15.3. The minimum atomic E-state index is -0.861. The van der Waals surface area contributed by atoms with E-state index in [9.17, 15) is 5.11 Å². The fraction of sp³-hybridized carbons (Fsp3) is 0.900. The van der Waals surface area contributed by atoms with Crippen molar-refractivity contribution in [3.05, 3.63) is 12.2 Å². The number of fused-ring (bicyclic) bond motifs is 6. The van der Waals surface area contributed by atoms with Crippen LogP contribution < -0.4 is 0 Å². The Morgan fingerprint density at radius 3 is 2.77 bits per heavy atom. The Balaban J connectivity index is 1.57. The van der Waals surface area contributed by atoms with Crippen molar-refractivity contribution in [1.82, 2.24) is 0 Å². The molecule has 7 atom stereocenters. The Kier molecular flexibility index (Phi) is 2.56. The Hall–Kier alpha value is -0.340. The van der Waals surface area contributed by atoms with E-state index in [2.05, 4.69) is 20.4 Å². The third-order valence-corrected chi connectivity index (χ3v) is 8.86. The predicted octanol–water partition coefficient (Wildman–Crippen LogP) is 4.14. The summed E-state index contributed by atoms with van der Waals surface area (Å²) in [5.41, 5.74) is 2.02. The van der Waals surface area contributed by atoms with E-state index in [1.807, 2.05) is 0 Å². The molecule has 1 spiro atoms. The van der Waals surface area contributed by atoms with Crippen molar-refractivity contribution < 1.29 is 9.84 Å². The molecule has 0 aromatic heterocycles. The molecule has 0 aromatic rings. The van der Waals surface area contributed by atoms with Crippen LogP contribution in [0.3, 0.4) is 0 Å². The summed E-state index contributed by atoms with van der Waals surface area (Å²) < 4.78 is 5.99. The van der Waals surface area contributed by atoms with Crippen molar-refractivity contribution in [3.8, 4) is 0 Å². The van der Waals surface area contributed by atoms with Crippen LogP contribution in [-0.4, -0.2) is 17.5 Å². The molecule has 1 aliphatic heterocycles. The van der Waals surface area contributed by atoms with Crippen molar-refractivity contribution in [2.24, 2.45) is 40.4 Å². The SMILES string of the molecule is C=C1CC23CCC4C(C5COC(O)(C5)C4(C)C)C2CCC1C3. The molecule has 4 bridgehead atoms. The molecule has 7 unspecified atom stereocenters. The molecule has 1 saturated heterocycles. The molecule has 122 valence electrons. The molecule has 2 heteroatoms. The number of aliphatic hydroxyl groups is 1. The van der Waals surface area contributed by atoms with Crippen LogP contribution in [0.1, 0.15) is 58.8 Å². The minimum absolute atomic E-state index is 0.0985. The largest absolute Gasteiger partial charge is 0.365 e. The number of ether oxygens (including phenoxy) is 1. The molecule has 5 fully saturated rings. The molecule has 5 aliphatic rings. The Bertz CT molecular complexity index is 538. The molecular weight excluding hydrogens is 272 g/mol. The van der Waals surface area contributed by atoms with E-state index >= 15 is 0 Å². The standard InChI is InChI=1S/C20H30O2/c1-12-8-19-7-6-15-17(16(19)5-4-13(12)9-19)14-10-20(21,22-11-14)18(15,2)3/h13-17,21H,1,4-11H2,2-3H3. The van der Waals surface area contributed by atoms with Gasteiger partial charge in [0, 0.05) is 11.8 Å². The van der Waals surface area contributed by atoms with Crippen molar-refractivity contribution >= 4 is 0 Å². The van der Waals surface area contributed by atoms with Gasteiger partial charge in [0.1, 0.15) is 0 Å². The highest BCUT2D eigenvalue weighted by Crippen LogP contribution is 2.71. The van der Waals surface area contributed by atoms with Crippen LogP contribution in [0, 0.1) is 40.4 Å². The van der Waals surface area contributed by atoms with Crippen molar-refractivity contribution in [2.45, 2.75) is 64.6 Å². The first kappa shape index (κ1) is 14.0. The first-order chi connectivity index (χ1) is 10.4. The average molecular weight is 302 g/mol. The van der Waals surface area contributed by atoms with E-state index in [4.69, 9.17) is 4.74 Å².